The first-order valence-electron chi connectivity index (χ1n) is 6.36. The van der Waals surface area contributed by atoms with Crippen molar-refractivity contribution in [3.8, 4) is 17.6 Å². The fourth-order valence-corrected chi connectivity index (χ4v) is 1.72. The van der Waals surface area contributed by atoms with Gasteiger partial charge < -0.3 is 9.47 Å². The van der Waals surface area contributed by atoms with Gasteiger partial charge in [0.25, 0.3) is 0 Å². The molecule has 0 fully saturated rings. The van der Waals surface area contributed by atoms with Gasteiger partial charge in [-0.2, -0.15) is 5.26 Å². The second kappa shape index (κ2) is 7.25. The predicted octanol–water partition coefficient (Wildman–Crippen LogP) is 3.49. The third-order valence-corrected chi connectivity index (χ3v) is 2.72. The van der Waals surface area contributed by atoms with Gasteiger partial charge in [-0.1, -0.05) is 18.2 Å². The molecule has 108 valence electrons. The zero-order chi connectivity index (χ0) is 15.1. The molecule has 21 heavy (non-hydrogen) atoms. The van der Waals surface area contributed by atoms with Crippen molar-refractivity contribution in [1.29, 1.82) is 5.26 Å². The van der Waals surface area contributed by atoms with E-state index in [9.17, 15) is 8.78 Å². The fourth-order valence-electron chi connectivity index (χ4n) is 1.72. The van der Waals surface area contributed by atoms with Crippen molar-refractivity contribution in [3.63, 3.8) is 0 Å². The van der Waals surface area contributed by atoms with Crippen LogP contribution in [0.4, 0.5) is 8.78 Å². The molecule has 0 spiro atoms. The Morgan fingerprint density at radius 3 is 2.14 bits per heavy atom. The standard InChI is InChI=1S/C16H13F2NO2/c17-14-2-1-3-15(18)16(14)21-11-10-20-13-6-4-12(5-7-13)8-9-19/h1-7H,8,10-11H2. The van der Waals surface area contributed by atoms with Gasteiger partial charge in [0.2, 0.25) is 0 Å². The van der Waals surface area contributed by atoms with E-state index in [0.29, 0.717) is 12.2 Å². The van der Waals surface area contributed by atoms with E-state index in [2.05, 4.69) is 6.07 Å². The van der Waals surface area contributed by atoms with Crippen LogP contribution in [0.15, 0.2) is 42.5 Å². The highest BCUT2D eigenvalue weighted by Gasteiger charge is 2.09. The van der Waals surface area contributed by atoms with Gasteiger partial charge in [0, 0.05) is 0 Å². The summed E-state index contributed by atoms with van der Waals surface area (Å²) in [4.78, 5) is 0. The molecule has 0 saturated carbocycles. The Kier molecular flexibility index (Phi) is 5.10. The Balaban J connectivity index is 1.81. The topological polar surface area (TPSA) is 42.2 Å². The molecule has 0 aliphatic heterocycles. The van der Waals surface area contributed by atoms with Crippen molar-refractivity contribution in [1.82, 2.24) is 0 Å². The summed E-state index contributed by atoms with van der Waals surface area (Å²) in [6.07, 6.45) is 0.343. The SMILES string of the molecule is N#CCc1ccc(OCCOc2c(F)cccc2F)cc1. The minimum absolute atomic E-state index is 0.0256. The van der Waals surface area contributed by atoms with E-state index in [-0.39, 0.29) is 13.2 Å². The molecule has 3 nitrogen and oxygen atoms in total. The van der Waals surface area contributed by atoms with Crippen LogP contribution >= 0.6 is 0 Å². The number of hydrogen-bond donors (Lipinski definition) is 0. The third-order valence-electron chi connectivity index (χ3n) is 2.72. The van der Waals surface area contributed by atoms with Gasteiger partial charge >= 0.3 is 0 Å². The minimum atomic E-state index is -0.740. The van der Waals surface area contributed by atoms with E-state index in [1.807, 2.05) is 0 Å². The van der Waals surface area contributed by atoms with Crippen LogP contribution in [0.3, 0.4) is 0 Å². The maximum absolute atomic E-state index is 13.3. The smallest absolute Gasteiger partial charge is 0.190 e. The van der Waals surface area contributed by atoms with Crippen LogP contribution in [-0.2, 0) is 6.42 Å². The molecule has 0 heterocycles. The number of para-hydroxylation sites is 1. The Morgan fingerprint density at radius 1 is 0.905 bits per heavy atom. The van der Waals surface area contributed by atoms with Crippen molar-refractivity contribution in [2.45, 2.75) is 6.42 Å². The first-order chi connectivity index (χ1) is 10.2. The monoisotopic (exact) mass is 289 g/mol. The molecule has 0 aliphatic carbocycles. The molecule has 0 radical (unpaired) electrons. The van der Waals surface area contributed by atoms with Gasteiger partial charge in [-0.25, -0.2) is 8.78 Å². The largest absolute Gasteiger partial charge is 0.490 e. The summed E-state index contributed by atoms with van der Waals surface area (Å²) >= 11 is 0. The Hall–Kier alpha value is -2.61. The summed E-state index contributed by atoms with van der Waals surface area (Å²) in [5, 5.41) is 8.56. The highest BCUT2D eigenvalue weighted by molar-refractivity contribution is 5.29. The normalized spacial score (nSPS) is 9.95. The maximum Gasteiger partial charge on any atom is 0.190 e. The second-order valence-corrected chi connectivity index (χ2v) is 4.23. The average molecular weight is 289 g/mol. The molecule has 0 saturated heterocycles. The molecular formula is C16H13F2NO2. The summed E-state index contributed by atoms with van der Waals surface area (Å²) in [6, 6.07) is 12.6. The zero-order valence-electron chi connectivity index (χ0n) is 11.2. The Morgan fingerprint density at radius 2 is 1.52 bits per heavy atom. The first kappa shape index (κ1) is 14.8. The van der Waals surface area contributed by atoms with Crippen molar-refractivity contribution < 1.29 is 18.3 Å². The van der Waals surface area contributed by atoms with Crippen molar-refractivity contribution in [2.24, 2.45) is 0 Å². The number of halogens is 2. The molecule has 0 amide bonds. The summed E-state index contributed by atoms with van der Waals surface area (Å²) in [7, 11) is 0. The summed E-state index contributed by atoms with van der Waals surface area (Å²) in [5.41, 5.74) is 0.898. The van der Waals surface area contributed by atoms with Gasteiger partial charge in [0.05, 0.1) is 12.5 Å². The molecule has 0 unspecified atom stereocenters. The number of hydrogen-bond acceptors (Lipinski definition) is 3. The summed E-state index contributed by atoms with van der Waals surface area (Å²) in [5.74, 6) is -1.27. The van der Waals surface area contributed by atoms with E-state index >= 15 is 0 Å². The molecule has 0 aliphatic rings. The predicted molar refractivity (Wildman–Crippen MR) is 73.1 cm³/mol. The summed E-state index contributed by atoms with van der Waals surface area (Å²) in [6.45, 7) is 0.184. The van der Waals surface area contributed by atoms with Crippen LogP contribution in [0.1, 0.15) is 5.56 Å². The molecule has 0 atom stereocenters. The number of ether oxygens (including phenoxy) is 2. The molecule has 5 heteroatoms. The lowest BCUT2D eigenvalue weighted by atomic mass is 10.2. The number of nitrogens with zero attached hydrogens (tertiary/aromatic N) is 1. The lowest BCUT2D eigenvalue weighted by molar-refractivity contribution is 0.205. The lowest BCUT2D eigenvalue weighted by Crippen LogP contribution is -2.10. The zero-order valence-corrected chi connectivity index (χ0v) is 11.2. The second-order valence-electron chi connectivity index (χ2n) is 4.23. The van der Waals surface area contributed by atoms with E-state index in [4.69, 9.17) is 14.7 Å². The van der Waals surface area contributed by atoms with Gasteiger partial charge in [0.15, 0.2) is 17.4 Å². The van der Waals surface area contributed by atoms with Gasteiger partial charge in [-0.15, -0.1) is 0 Å². The van der Waals surface area contributed by atoms with Crippen LogP contribution in [0.2, 0.25) is 0 Å². The van der Waals surface area contributed by atoms with Crippen LogP contribution in [-0.4, -0.2) is 13.2 Å². The highest BCUT2D eigenvalue weighted by atomic mass is 19.1. The molecule has 0 aromatic heterocycles. The average Bonchev–Trinajstić information content (AvgIpc) is 2.48. The van der Waals surface area contributed by atoms with Crippen LogP contribution in [0, 0.1) is 23.0 Å². The summed E-state index contributed by atoms with van der Waals surface area (Å²) < 4.78 is 37.0. The van der Waals surface area contributed by atoms with Crippen molar-refractivity contribution in [3.05, 3.63) is 59.7 Å². The highest BCUT2D eigenvalue weighted by Crippen LogP contribution is 2.20. The van der Waals surface area contributed by atoms with Crippen LogP contribution in [0.25, 0.3) is 0 Å². The molecule has 2 aromatic carbocycles. The van der Waals surface area contributed by atoms with Crippen LogP contribution < -0.4 is 9.47 Å². The molecule has 0 N–H and O–H groups in total. The van der Waals surface area contributed by atoms with E-state index < -0.39 is 17.4 Å². The Labute approximate surface area is 121 Å². The van der Waals surface area contributed by atoms with Gasteiger partial charge in [-0.05, 0) is 29.8 Å². The molecule has 0 bridgehead atoms. The molecule has 2 rings (SSSR count). The maximum atomic E-state index is 13.3. The quantitative estimate of drug-likeness (QED) is 0.764. The van der Waals surface area contributed by atoms with Crippen LogP contribution in [0.5, 0.6) is 11.5 Å². The Bertz CT molecular complexity index is 615. The lowest BCUT2D eigenvalue weighted by Gasteiger charge is -2.09. The molecule has 2 aromatic rings. The van der Waals surface area contributed by atoms with Crippen molar-refractivity contribution >= 4 is 0 Å². The minimum Gasteiger partial charge on any atom is -0.490 e. The van der Waals surface area contributed by atoms with Gasteiger partial charge in [-0.3, -0.25) is 0 Å². The van der Waals surface area contributed by atoms with Gasteiger partial charge in [0.1, 0.15) is 19.0 Å². The number of rotatable bonds is 6. The number of benzene rings is 2. The fraction of sp³-hybridized carbons (Fsp3) is 0.188. The van der Waals surface area contributed by atoms with E-state index in [1.54, 1.807) is 24.3 Å². The first-order valence-corrected chi connectivity index (χ1v) is 6.36. The van der Waals surface area contributed by atoms with E-state index in [0.717, 1.165) is 17.7 Å². The third kappa shape index (κ3) is 4.18. The number of nitriles is 1. The molecular weight excluding hydrogens is 276 g/mol. The van der Waals surface area contributed by atoms with Crippen molar-refractivity contribution in [2.75, 3.05) is 13.2 Å². The van der Waals surface area contributed by atoms with E-state index in [1.165, 1.54) is 6.07 Å².